The Hall–Kier alpha value is -3.88. The van der Waals surface area contributed by atoms with Gasteiger partial charge in [0.1, 0.15) is 11.6 Å². The molecule has 1 amide bonds. The summed E-state index contributed by atoms with van der Waals surface area (Å²) >= 11 is 0. The van der Waals surface area contributed by atoms with E-state index in [2.05, 4.69) is 20.3 Å². The van der Waals surface area contributed by atoms with Gasteiger partial charge in [-0.05, 0) is 48.5 Å². The van der Waals surface area contributed by atoms with E-state index in [1.54, 1.807) is 12.1 Å². The number of hydrogen-bond donors (Lipinski definition) is 2. The summed E-state index contributed by atoms with van der Waals surface area (Å²) in [6, 6.07) is 13.0. The summed E-state index contributed by atoms with van der Waals surface area (Å²) in [4.78, 5) is 22.8. The minimum atomic E-state index is -2.72. The third-order valence-corrected chi connectivity index (χ3v) is 4.00. The quantitative estimate of drug-likeness (QED) is 0.491. The van der Waals surface area contributed by atoms with Crippen molar-refractivity contribution in [3.63, 3.8) is 0 Å². The predicted octanol–water partition coefficient (Wildman–Crippen LogP) is 5.08. The molecule has 0 bridgehead atoms. The van der Waals surface area contributed by atoms with Crippen LogP contribution < -0.4 is 10.1 Å². The van der Waals surface area contributed by atoms with Crippen molar-refractivity contribution in [2.24, 2.45) is 0 Å². The number of hydrogen-bond acceptors (Lipinski definition) is 4. The van der Waals surface area contributed by atoms with Gasteiger partial charge in [0.25, 0.3) is 12.3 Å². The number of fused-ring (bicyclic) bond motifs is 1. The van der Waals surface area contributed by atoms with Crippen LogP contribution in [0, 0.1) is 5.82 Å². The molecule has 2 aromatic carbocycles. The number of carbonyl (C=O) groups excluding carboxylic acids is 1. The Morgan fingerprint density at radius 3 is 2.55 bits per heavy atom. The van der Waals surface area contributed by atoms with Crippen molar-refractivity contribution in [3.05, 3.63) is 78.0 Å². The van der Waals surface area contributed by atoms with Crippen LogP contribution in [-0.4, -0.2) is 20.9 Å². The molecular weight excluding hydrogens is 385 g/mol. The Kier molecular flexibility index (Phi) is 4.86. The van der Waals surface area contributed by atoms with Crippen LogP contribution in [-0.2, 0) is 0 Å². The largest absolute Gasteiger partial charge is 0.439 e. The number of imidazole rings is 1. The lowest BCUT2D eigenvalue weighted by atomic mass is 10.2. The summed E-state index contributed by atoms with van der Waals surface area (Å²) in [6.45, 7) is 0. The summed E-state index contributed by atoms with van der Waals surface area (Å²) in [5.74, 6) is -0.561. The van der Waals surface area contributed by atoms with Gasteiger partial charge in [0.05, 0.1) is 22.9 Å². The Bertz CT molecular complexity index is 1160. The summed E-state index contributed by atoms with van der Waals surface area (Å²) in [5, 5.41) is 2.66. The second kappa shape index (κ2) is 7.63. The molecule has 0 fully saturated rings. The lowest BCUT2D eigenvalue weighted by Crippen LogP contribution is -2.11. The number of H-pyrrole nitrogens is 1. The second-order valence-corrected chi connectivity index (χ2v) is 6.05. The Balaban J connectivity index is 1.45. The molecule has 4 rings (SSSR count). The highest BCUT2D eigenvalue weighted by Crippen LogP contribution is 2.23. The zero-order chi connectivity index (χ0) is 20.4. The van der Waals surface area contributed by atoms with E-state index in [9.17, 15) is 18.0 Å². The molecule has 0 saturated carbocycles. The van der Waals surface area contributed by atoms with E-state index in [4.69, 9.17) is 4.74 Å². The van der Waals surface area contributed by atoms with Crippen molar-refractivity contribution in [1.29, 1.82) is 0 Å². The van der Waals surface area contributed by atoms with Gasteiger partial charge < -0.3 is 15.0 Å². The standard InChI is InChI=1S/C20H13F3N4O2/c21-12-2-5-14(6-3-12)29-17-8-4-13(10-24-17)25-20(28)11-1-7-15-16(9-11)27-19(26-15)18(22)23/h1-10,18H,(H,25,28)(H,26,27). The highest BCUT2D eigenvalue weighted by Gasteiger charge is 2.14. The van der Waals surface area contributed by atoms with Crippen molar-refractivity contribution in [2.75, 3.05) is 5.32 Å². The molecule has 2 aromatic heterocycles. The van der Waals surface area contributed by atoms with Gasteiger partial charge in [-0.1, -0.05) is 0 Å². The van der Waals surface area contributed by atoms with Crippen LogP contribution in [0.2, 0.25) is 0 Å². The maximum atomic E-state index is 12.9. The number of benzene rings is 2. The number of aromatic nitrogens is 3. The summed E-state index contributed by atoms with van der Waals surface area (Å²) < 4.78 is 43.9. The molecule has 29 heavy (non-hydrogen) atoms. The molecule has 146 valence electrons. The average molecular weight is 398 g/mol. The van der Waals surface area contributed by atoms with E-state index in [1.807, 2.05) is 0 Å². The van der Waals surface area contributed by atoms with Gasteiger partial charge in [-0.3, -0.25) is 4.79 Å². The average Bonchev–Trinajstić information content (AvgIpc) is 3.15. The molecule has 0 atom stereocenters. The molecule has 2 heterocycles. The second-order valence-electron chi connectivity index (χ2n) is 6.05. The number of amides is 1. The van der Waals surface area contributed by atoms with Crippen molar-refractivity contribution in [2.45, 2.75) is 6.43 Å². The first-order valence-corrected chi connectivity index (χ1v) is 8.46. The van der Waals surface area contributed by atoms with Crippen LogP contribution >= 0.6 is 0 Å². The third-order valence-electron chi connectivity index (χ3n) is 4.00. The number of pyridine rings is 1. The SMILES string of the molecule is O=C(Nc1ccc(Oc2ccc(F)cc2)nc1)c1ccc2nc(C(F)F)[nH]c2c1. The van der Waals surface area contributed by atoms with E-state index in [-0.39, 0.29) is 17.3 Å². The highest BCUT2D eigenvalue weighted by molar-refractivity contribution is 6.05. The number of ether oxygens (including phenoxy) is 1. The molecule has 6 nitrogen and oxygen atoms in total. The normalized spacial score (nSPS) is 11.0. The van der Waals surface area contributed by atoms with Crippen LogP contribution in [0.15, 0.2) is 60.8 Å². The van der Waals surface area contributed by atoms with Crippen molar-refractivity contribution < 1.29 is 22.7 Å². The van der Waals surface area contributed by atoms with Gasteiger partial charge >= 0.3 is 0 Å². The lowest BCUT2D eigenvalue weighted by molar-refractivity contribution is 0.102. The van der Waals surface area contributed by atoms with Gasteiger partial charge in [0.2, 0.25) is 5.88 Å². The molecular formula is C20H13F3N4O2. The first-order chi connectivity index (χ1) is 14.0. The monoisotopic (exact) mass is 398 g/mol. The number of carbonyl (C=O) groups is 1. The Morgan fingerprint density at radius 2 is 1.86 bits per heavy atom. The molecule has 0 radical (unpaired) electrons. The molecule has 0 aliphatic rings. The fourth-order valence-corrected chi connectivity index (χ4v) is 2.62. The van der Waals surface area contributed by atoms with Crippen LogP contribution in [0.5, 0.6) is 11.6 Å². The third kappa shape index (κ3) is 4.18. The maximum absolute atomic E-state index is 12.9. The fraction of sp³-hybridized carbons (Fsp3) is 0.0500. The number of anilines is 1. The summed E-state index contributed by atoms with van der Waals surface area (Å²) in [5.41, 5.74) is 1.38. The van der Waals surface area contributed by atoms with E-state index in [0.29, 0.717) is 22.5 Å². The minimum absolute atomic E-state index is 0.271. The first kappa shape index (κ1) is 18.5. The molecule has 4 aromatic rings. The Morgan fingerprint density at radius 1 is 1.07 bits per heavy atom. The molecule has 0 unspecified atom stereocenters. The Labute approximate surface area is 162 Å². The van der Waals surface area contributed by atoms with E-state index < -0.39 is 18.2 Å². The summed E-state index contributed by atoms with van der Waals surface area (Å²) in [7, 11) is 0. The van der Waals surface area contributed by atoms with Crippen molar-refractivity contribution in [1.82, 2.24) is 15.0 Å². The number of nitrogens with one attached hydrogen (secondary N) is 2. The van der Waals surface area contributed by atoms with E-state index in [0.717, 1.165) is 0 Å². The number of alkyl halides is 2. The lowest BCUT2D eigenvalue weighted by Gasteiger charge is -2.07. The summed E-state index contributed by atoms with van der Waals surface area (Å²) in [6.07, 6.45) is -1.32. The number of nitrogens with zero attached hydrogens (tertiary/aromatic N) is 2. The molecule has 0 spiro atoms. The molecule has 9 heteroatoms. The van der Waals surface area contributed by atoms with Gasteiger partial charge in [-0.2, -0.15) is 0 Å². The first-order valence-electron chi connectivity index (χ1n) is 8.46. The van der Waals surface area contributed by atoms with E-state index in [1.165, 1.54) is 48.7 Å². The van der Waals surface area contributed by atoms with E-state index >= 15 is 0 Å². The minimum Gasteiger partial charge on any atom is -0.439 e. The van der Waals surface area contributed by atoms with Crippen LogP contribution in [0.1, 0.15) is 22.6 Å². The number of rotatable bonds is 5. The molecule has 0 aliphatic carbocycles. The number of aromatic amines is 1. The smallest absolute Gasteiger partial charge is 0.295 e. The zero-order valence-electron chi connectivity index (χ0n) is 14.7. The van der Waals surface area contributed by atoms with Crippen LogP contribution in [0.3, 0.4) is 0 Å². The maximum Gasteiger partial charge on any atom is 0.295 e. The van der Waals surface area contributed by atoms with Crippen LogP contribution in [0.25, 0.3) is 11.0 Å². The fourth-order valence-electron chi connectivity index (χ4n) is 2.62. The van der Waals surface area contributed by atoms with Gasteiger partial charge in [-0.25, -0.2) is 23.1 Å². The highest BCUT2D eigenvalue weighted by atomic mass is 19.3. The topological polar surface area (TPSA) is 79.9 Å². The number of halogens is 3. The van der Waals surface area contributed by atoms with Gasteiger partial charge in [0, 0.05) is 11.6 Å². The van der Waals surface area contributed by atoms with Crippen LogP contribution in [0.4, 0.5) is 18.9 Å². The van der Waals surface area contributed by atoms with Gasteiger partial charge in [-0.15, -0.1) is 0 Å². The zero-order valence-corrected chi connectivity index (χ0v) is 14.7. The molecule has 2 N–H and O–H groups in total. The van der Waals surface area contributed by atoms with Crippen molar-refractivity contribution >= 4 is 22.6 Å². The predicted molar refractivity (Wildman–Crippen MR) is 99.7 cm³/mol. The van der Waals surface area contributed by atoms with Crippen molar-refractivity contribution in [3.8, 4) is 11.6 Å². The molecule has 0 saturated heterocycles. The van der Waals surface area contributed by atoms with Gasteiger partial charge in [0.15, 0.2) is 5.82 Å². The molecule has 0 aliphatic heterocycles.